The molecule has 1 aromatic heterocycles. The zero-order valence-corrected chi connectivity index (χ0v) is 20.1. The van der Waals surface area contributed by atoms with Crippen molar-refractivity contribution in [3.63, 3.8) is 0 Å². The summed E-state index contributed by atoms with van der Waals surface area (Å²) >= 11 is 1.47. The number of para-hydroxylation sites is 1. The van der Waals surface area contributed by atoms with Crippen molar-refractivity contribution in [1.82, 2.24) is 14.7 Å². The number of ether oxygens (including phenoxy) is 1. The number of piperazine rings is 1. The fourth-order valence-corrected chi connectivity index (χ4v) is 5.52. The second kappa shape index (κ2) is 9.42. The van der Waals surface area contributed by atoms with Crippen molar-refractivity contribution in [2.75, 3.05) is 55.4 Å². The Morgan fingerprint density at radius 3 is 2.50 bits per heavy atom. The predicted molar refractivity (Wildman–Crippen MR) is 133 cm³/mol. The van der Waals surface area contributed by atoms with Crippen LogP contribution in [0, 0.1) is 6.92 Å². The molecule has 8 nitrogen and oxygen atoms in total. The van der Waals surface area contributed by atoms with Crippen molar-refractivity contribution in [2.24, 2.45) is 0 Å². The van der Waals surface area contributed by atoms with Crippen molar-refractivity contribution < 1.29 is 14.3 Å². The van der Waals surface area contributed by atoms with Crippen molar-refractivity contribution in [3.05, 3.63) is 60.3 Å². The molecule has 1 saturated heterocycles. The smallest absolute Gasteiger partial charge is 0.242 e. The van der Waals surface area contributed by atoms with Gasteiger partial charge in [0, 0.05) is 37.9 Å². The topological polar surface area (TPSA) is 70.9 Å². The normalized spacial score (nSPS) is 15.9. The molecule has 3 aromatic rings. The van der Waals surface area contributed by atoms with Crippen LogP contribution in [-0.4, -0.2) is 72.1 Å². The van der Waals surface area contributed by atoms with Crippen LogP contribution in [0.3, 0.4) is 0 Å². The summed E-state index contributed by atoms with van der Waals surface area (Å²) in [7, 11) is 1.66. The van der Waals surface area contributed by atoms with Crippen molar-refractivity contribution >= 4 is 35.0 Å². The first-order valence-electron chi connectivity index (χ1n) is 11.3. The van der Waals surface area contributed by atoms with Gasteiger partial charge in [-0.1, -0.05) is 36.0 Å². The van der Waals surface area contributed by atoms with Gasteiger partial charge in [-0.2, -0.15) is 5.10 Å². The molecule has 34 heavy (non-hydrogen) atoms. The van der Waals surface area contributed by atoms with E-state index in [1.165, 1.54) is 11.8 Å². The summed E-state index contributed by atoms with van der Waals surface area (Å²) in [6, 6.07) is 17.8. The molecule has 0 unspecified atom stereocenters. The van der Waals surface area contributed by atoms with Gasteiger partial charge in [0.15, 0.2) is 0 Å². The lowest BCUT2D eigenvalue weighted by Gasteiger charge is -2.37. The molecule has 0 aliphatic carbocycles. The fourth-order valence-electron chi connectivity index (χ4n) is 4.44. The lowest BCUT2D eigenvalue weighted by atomic mass is 10.2. The number of hydrogen-bond acceptors (Lipinski definition) is 6. The molecule has 1 fully saturated rings. The van der Waals surface area contributed by atoms with Gasteiger partial charge in [-0.3, -0.25) is 14.5 Å². The zero-order chi connectivity index (χ0) is 23.7. The standard InChI is InChI=1S/C25H27N5O3S/c1-18-24-25(30(26-18)19-7-4-3-5-8-19)34-17-23(32)29(24)16-22(31)28-13-11-27(12-14-28)20-9-6-10-21(15-20)33-2/h3-10,15H,11-14,16-17H2,1-2H3. The maximum absolute atomic E-state index is 13.2. The maximum Gasteiger partial charge on any atom is 0.242 e. The van der Waals surface area contributed by atoms with E-state index in [9.17, 15) is 9.59 Å². The lowest BCUT2D eigenvalue weighted by Crippen LogP contribution is -2.52. The molecule has 176 valence electrons. The number of thioether (sulfide) groups is 1. The van der Waals surface area contributed by atoms with Crippen LogP contribution in [0.25, 0.3) is 5.69 Å². The minimum atomic E-state index is -0.0587. The van der Waals surface area contributed by atoms with Gasteiger partial charge >= 0.3 is 0 Å². The first kappa shape index (κ1) is 22.3. The predicted octanol–water partition coefficient (Wildman–Crippen LogP) is 2.98. The summed E-state index contributed by atoms with van der Waals surface area (Å²) in [6.07, 6.45) is 0. The van der Waals surface area contributed by atoms with Gasteiger partial charge in [-0.05, 0) is 31.2 Å². The van der Waals surface area contributed by atoms with E-state index in [0.29, 0.717) is 18.8 Å². The minimum Gasteiger partial charge on any atom is -0.497 e. The van der Waals surface area contributed by atoms with Crippen LogP contribution in [0.5, 0.6) is 5.75 Å². The molecular weight excluding hydrogens is 450 g/mol. The molecule has 0 spiro atoms. The average Bonchev–Trinajstić information content (AvgIpc) is 3.22. The number of carbonyl (C=O) groups excluding carboxylic acids is 2. The highest BCUT2D eigenvalue weighted by Crippen LogP contribution is 2.39. The van der Waals surface area contributed by atoms with Crippen LogP contribution in [-0.2, 0) is 9.59 Å². The van der Waals surface area contributed by atoms with Crippen LogP contribution in [0.2, 0.25) is 0 Å². The molecule has 0 bridgehead atoms. The number of aryl methyl sites for hydroxylation is 1. The number of benzene rings is 2. The van der Waals surface area contributed by atoms with Crippen LogP contribution < -0.4 is 14.5 Å². The van der Waals surface area contributed by atoms with E-state index < -0.39 is 0 Å². The summed E-state index contributed by atoms with van der Waals surface area (Å²) in [4.78, 5) is 31.8. The molecule has 5 rings (SSSR count). The molecule has 2 amide bonds. The summed E-state index contributed by atoms with van der Waals surface area (Å²) in [5, 5.41) is 5.59. The Bertz CT molecular complexity index is 1200. The number of carbonyl (C=O) groups is 2. The monoisotopic (exact) mass is 477 g/mol. The van der Waals surface area contributed by atoms with Gasteiger partial charge in [-0.15, -0.1) is 0 Å². The third kappa shape index (κ3) is 4.23. The number of rotatable bonds is 5. The van der Waals surface area contributed by atoms with Gasteiger partial charge in [0.25, 0.3) is 0 Å². The number of amides is 2. The molecule has 9 heteroatoms. The quantitative estimate of drug-likeness (QED) is 0.563. The molecular formula is C25H27N5O3S. The third-order valence-corrected chi connectivity index (χ3v) is 7.27. The number of aromatic nitrogens is 2. The minimum absolute atomic E-state index is 0.0346. The summed E-state index contributed by atoms with van der Waals surface area (Å²) in [5.41, 5.74) is 3.51. The molecule has 2 aromatic carbocycles. The SMILES string of the molecule is COc1cccc(N2CCN(C(=O)CN3C(=O)CSc4c3c(C)nn4-c3ccccc3)CC2)c1. The Hall–Kier alpha value is -3.46. The average molecular weight is 478 g/mol. The third-order valence-electron chi connectivity index (χ3n) is 6.24. The number of nitrogens with zero attached hydrogens (tertiary/aromatic N) is 5. The summed E-state index contributed by atoms with van der Waals surface area (Å²) < 4.78 is 7.20. The molecule has 3 heterocycles. The van der Waals surface area contributed by atoms with E-state index in [2.05, 4.69) is 16.1 Å². The van der Waals surface area contributed by atoms with Gasteiger partial charge in [0.05, 0.1) is 29.9 Å². The molecule has 0 saturated carbocycles. The zero-order valence-electron chi connectivity index (χ0n) is 19.3. The number of hydrogen-bond donors (Lipinski definition) is 0. The van der Waals surface area contributed by atoms with E-state index in [1.807, 2.05) is 65.0 Å². The maximum atomic E-state index is 13.2. The molecule has 0 atom stereocenters. The van der Waals surface area contributed by atoms with Crippen LogP contribution in [0.1, 0.15) is 5.69 Å². The van der Waals surface area contributed by atoms with Gasteiger partial charge in [-0.25, -0.2) is 4.68 Å². The Balaban J connectivity index is 1.29. The number of fused-ring (bicyclic) bond motifs is 1. The van der Waals surface area contributed by atoms with Gasteiger partial charge in [0.1, 0.15) is 17.3 Å². The molecule has 2 aliphatic heterocycles. The first-order valence-corrected chi connectivity index (χ1v) is 12.3. The fraction of sp³-hybridized carbons (Fsp3) is 0.320. The molecule has 0 radical (unpaired) electrons. The lowest BCUT2D eigenvalue weighted by molar-refractivity contribution is -0.131. The Morgan fingerprint density at radius 1 is 1.03 bits per heavy atom. The highest BCUT2D eigenvalue weighted by molar-refractivity contribution is 8.00. The number of anilines is 2. The second-order valence-corrected chi connectivity index (χ2v) is 9.29. The van der Waals surface area contributed by atoms with Crippen molar-refractivity contribution in [1.29, 1.82) is 0 Å². The number of methoxy groups -OCH3 is 1. The van der Waals surface area contributed by atoms with Gasteiger partial charge < -0.3 is 14.5 Å². The van der Waals surface area contributed by atoms with E-state index in [-0.39, 0.29) is 18.4 Å². The van der Waals surface area contributed by atoms with Crippen LogP contribution >= 0.6 is 11.8 Å². The molecule has 0 N–H and O–H groups in total. The Morgan fingerprint density at radius 2 is 1.76 bits per heavy atom. The van der Waals surface area contributed by atoms with E-state index >= 15 is 0 Å². The summed E-state index contributed by atoms with van der Waals surface area (Å²) in [6.45, 7) is 4.62. The van der Waals surface area contributed by atoms with Gasteiger partial charge in [0.2, 0.25) is 11.8 Å². The van der Waals surface area contributed by atoms with Crippen LogP contribution in [0.4, 0.5) is 11.4 Å². The van der Waals surface area contributed by atoms with Crippen molar-refractivity contribution in [2.45, 2.75) is 11.9 Å². The van der Waals surface area contributed by atoms with E-state index in [0.717, 1.165) is 46.6 Å². The first-order chi connectivity index (χ1) is 16.5. The molecule has 2 aliphatic rings. The largest absolute Gasteiger partial charge is 0.497 e. The summed E-state index contributed by atoms with van der Waals surface area (Å²) in [5.74, 6) is 1.02. The second-order valence-electron chi connectivity index (χ2n) is 8.32. The highest BCUT2D eigenvalue weighted by atomic mass is 32.2. The van der Waals surface area contributed by atoms with Crippen LogP contribution in [0.15, 0.2) is 59.6 Å². The highest BCUT2D eigenvalue weighted by Gasteiger charge is 2.34. The Kier molecular flexibility index (Phi) is 6.19. The van der Waals surface area contributed by atoms with Crippen molar-refractivity contribution in [3.8, 4) is 11.4 Å². The Labute approximate surface area is 203 Å². The van der Waals surface area contributed by atoms with E-state index in [1.54, 1.807) is 12.0 Å². The van der Waals surface area contributed by atoms with E-state index in [4.69, 9.17) is 4.74 Å².